The average molecular weight is 383 g/mol. The summed E-state index contributed by atoms with van der Waals surface area (Å²) in [5.41, 5.74) is 3.23. The minimum Gasteiger partial charge on any atom is -0.379 e. The van der Waals surface area contributed by atoms with E-state index >= 15 is 0 Å². The number of fused-ring (bicyclic) bond motifs is 2. The van der Waals surface area contributed by atoms with Gasteiger partial charge in [-0.2, -0.15) is 0 Å². The molecule has 0 unspecified atom stereocenters. The molecule has 1 fully saturated rings. The van der Waals surface area contributed by atoms with Gasteiger partial charge in [-0.25, -0.2) is 0 Å². The van der Waals surface area contributed by atoms with Gasteiger partial charge in [0.25, 0.3) is 0 Å². The molecule has 0 N–H and O–H groups in total. The van der Waals surface area contributed by atoms with Gasteiger partial charge in [0, 0.05) is 48.0 Å². The number of benzene rings is 2. The maximum atomic E-state index is 12.2. The van der Waals surface area contributed by atoms with Crippen molar-refractivity contribution in [1.29, 1.82) is 0 Å². The van der Waals surface area contributed by atoms with Crippen LogP contribution in [0.4, 0.5) is 11.4 Å². The van der Waals surface area contributed by atoms with E-state index in [1.165, 1.54) is 21.2 Å². The predicted molar refractivity (Wildman–Crippen MR) is 111 cm³/mol. The highest BCUT2D eigenvalue weighted by atomic mass is 32.2. The molecule has 142 valence electrons. The molecule has 0 aromatic heterocycles. The van der Waals surface area contributed by atoms with Crippen LogP contribution in [-0.4, -0.2) is 50.1 Å². The van der Waals surface area contributed by atoms with Gasteiger partial charge in [0.2, 0.25) is 0 Å². The minimum absolute atomic E-state index is 0.204. The smallest absolute Gasteiger partial charge is 0.162 e. The number of para-hydroxylation sites is 1. The van der Waals surface area contributed by atoms with Crippen molar-refractivity contribution in [3.8, 4) is 0 Å². The SMILES string of the molecule is CCC(=O)c1ccc2c(c1)N(CCCN1CCOCC1)c1ccccc1S2. The van der Waals surface area contributed by atoms with Crippen molar-refractivity contribution in [2.75, 3.05) is 44.3 Å². The maximum Gasteiger partial charge on any atom is 0.162 e. The molecule has 2 aromatic rings. The standard InChI is InChI=1S/C22H26N2O2S/c1-2-20(25)17-8-9-22-19(16-17)24(18-6-3-4-7-21(18)27-22)11-5-10-23-12-14-26-15-13-23/h3-4,6-9,16H,2,5,10-15H2,1H3. The molecule has 0 atom stereocenters. The van der Waals surface area contributed by atoms with E-state index in [2.05, 4.69) is 46.2 Å². The first-order chi connectivity index (χ1) is 13.3. The van der Waals surface area contributed by atoms with Crippen LogP contribution in [0.3, 0.4) is 0 Å². The zero-order valence-electron chi connectivity index (χ0n) is 15.8. The highest BCUT2D eigenvalue weighted by Crippen LogP contribution is 2.48. The molecule has 0 radical (unpaired) electrons. The molecule has 4 nitrogen and oxygen atoms in total. The average Bonchev–Trinajstić information content (AvgIpc) is 2.73. The molecule has 0 bridgehead atoms. The first-order valence-electron chi connectivity index (χ1n) is 9.78. The van der Waals surface area contributed by atoms with Crippen molar-refractivity contribution in [3.63, 3.8) is 0 Å². The second-order valence-electron chi connectivity index (χ2n) is 6.99. The fraction of sp³-hybridized carbons (Fsp3) is 0.409. The normalized spacial score (nSPS) is 16.7. The Labute approximate surface area is 165 Å². The van der Waals surface area contributed by atoms with Gasteiger partial charge in [0.1, 0.15) is 0 Å². The maximum absolute atomic E-state index is 12.2. The van der Waals surface area contributed by atoms with Crippen LogP contribution in [0, 0.1) is 0 Å². The zero-order valence-corrected chi connectivity index (χ0v) is 16.6. The van der Waals surface area contributed by atoms with Gasteiger partial charge in [-0.15, -0.1) is 0 Å². The van der Waals surface area contributed by atoms with Gasteiger partial charge < -0.3 is 9.64 Å². The third kappa shape index (κ3) is 4.05. The number of anilines is 2. The molecular formula is C22H26N2O2S. The number of carbonyl (C=O) groups excluding carboxylic acids is 1. The number of Topliss-reactive ketones (excluding diaryl/α,β-unsaturated/α-hetero) is 1. The molecule has 0 aliphatic carbocycles. The fourth-order valence-electron chi connectivity index (χ4n) is 3.72. The van der Waals surface area contributed by atoms with Crippen LogP contribution in [-0.2, 0) is 4.74 Å². The van der Waals surface area contributed by atoms with E-state index in [4.69, 9.17) is 4.74 Å². The topological polar surface area (TPSA) is 32.8 Å². The Hall–Kier alpha value is -1.82. The van der Waals surface area contributed by atoms with Gasteiger partial charge >= 0.3 is 0 Å². The second kappa shape index (κ2) is 8.46. The van der Waals surface area contributed by atoms with Gasteiger partial charge in [0.15, 0.2) is 5.78 Å². The third-order valence-corrected chi connectivity index (χ3v) is 6.36. The lowest BCUT2D eigenvalue weighted by molar-refractivity contribution is 0.0377. The molecule has 0 saturated carbocycles. The number of carbonyl (C=O) groups is 1. The summed E-state index contributed by atoms with van der Waals surface area (Å²) >= 11 is 1.80. The van der Waals surface area contributed by atoms with Crippen molar-refractivity contribution >= 4 is 28.9 Å². The Morgan fingerprint density at radius 1 is 1.04 bits per heavy atom. The first-order valence-corrected chi connectivity index (χ1v) is 10.6. The van der Waals surface area contributed by atoms with Crippen LogP contribution < -0.4 is 4.90 Å². The molecule has 4 rings (SSSR count). The molecule has 0 spiro atoms. The highest BCUT2D eigenvalue weighted by Gasteiger charge is 2.24. The number of hydrogen-bond donors (Lipinski definition) is 0. The molecule has 2 heterocycles. The van der Waals surface area contributed by atoms with Gasteiger partial charge in [-0.05, 0) is 30.7 Å². The number of ether oxygens (including phenoxy) is 1. The fourth-order valence-corrected chi connectivity index (χ4v) is 4.80. The van der Waals surface area contributed by atoms with E-state index in [0.29, 0.717) is 6.42 Å². The third-order valence-electron chi connectivity index (χ3n) is 5.23. The van der Waals surface area contributed by atoms with Crippen LogP contribution in [0.25, 0.3) is 0 Å². The second-order valence-corrected chi connectivity index (χ2v) is 8.07. The first kappa shape index (κ1) is 18.5. The number of morpholine rings is 1. The summed E-state index contributed by atoms with van der Waals surface area (Å²) in [7, 11) is 0. The number of ketones is 1. The van der Waals surface area contributed by atoms with Crippen LogP contribution >= 0.6 is 11.8 Å². The van der Waals surface area contributed by atoms with Crippen molar-refractivity contribution in [2.45, 2.75) is 29.6 Å². The Balaban J connectivity index is 1.57. The summed E-state index contributed by atoms with van der Waals surface area (Å²) in [6.07, 6.45) is 1.63. The monoisotopic (exact) mass is 382 g/mol. The Bertz CT molecular complexity index is 818. The molecule has 2 aliphatic heterocycles. The predicted octanol–water partition coefficient (Wildman–Crippen LogP) is 4.60. The Morgan fingerprint density at radius 2 is 1.81 bits per heavy atom. The van der Waals surface area contributed by atoms with Crippen molar-refractivity contribution < 1.29 is 9.53 Å². The largest absolute Gasteiger partial charge is 0.379 e. The summed E-state index contributed by atoms with van der Waals surface area (Å²) in [5.74, 6) is 0.204. The van der Waals surface area contributed by atoms with E-state index in [1.807, 2.05) is 13.0 Å². The van der Waals surface area contributed by atoms with E-state index in [1.54, 1.807) is 11.8 Å². The Morgan fingerprint density at radius 3 is 2.63 bits per heavy atom. The summed E-state index contributed by atoms with van der Waals surface area (Å²) in [5, 5.41) is 0. The van der Waals surface area contributed by atoms with Crippen LogP contribution in [0.1, 0.15) is 30.1 Å². The molecule has 5 heteroatoms. The van der Waals surface area contributed by atoms with E-state index in [0.717, 1.165) is 51.4 Å². The molecule has 1 saturated heterocycles. The number of hydrogen-bond acceptors (Lipinski definition) is 5. The van der Waals surface area contributed by atoms with Crippen molar-refractivity contribution in [1.82, 2.24) is 4.90 Å². The highest BCUT2D eigenvalue weighted by molar-refractivity contribution is 7.99. The van der Waals surface area contributed by atoms with Gasteiger partial charge in [-0.3, -0.25) is 9.69 Å². The molecular weight excluding hydrogens is 356 g/mol. The number of nitrogens with zero attached hydrogens (tertiary/aromatic N) is 2. The number of rotatable bonds is 6. The quantitative estimate of drug-likeness (QED) is 0.682. The summed E-state index contributed by atoms with van der Waals surface area (Å²) < 4.78 is 5.45. The lowest BCUT2D eigenvalue weighted by atomic mass is 10.1. The summed E-state index contributed by atoms with van der Waals surface area (Å²) in [6.45, 7) is 7.69. The van der Waals surface area contributed by atoms with Crippen molar-refractivity contribution in [2.24, 2.45) is 0 Å². The molecule has 2 aromatic carbocycles. The Kier molecular flexibility index (Phi) is 5.81. The minimum atomic E-state index is 0.204. The van der Waals surface area contributed by atoms with Gasteiger partial charge in [0.05, 0.1) is 24.6 Å². The van der Waals surface area contributed by atoms with E-state index in [9.17, 15) is 4.79 Å². The van der Waals surface area contributed by atoms with E-state index < -0.39 is 0 Å². The lowest BCUT2D eigenvalue weighted by Gasteiger charge is -2.34. The molecule has 0 amide bonds. The molecule has 2 aliphatic rings. The van der Waals surface area contributed by atoms with Gasteiger partial charge in [-0.1, -0.05) is 36.9 Å². The van der Waals surface area contributed by atoms with Crippen LogP contribution in [0.5, 0.6) is 0 Å². The lowest BCUT2D eigenvalue weighted by Crippen LogP contribution is -2.38. The molecule has 27 heavy (non-hydrogen) atoms. The summed E-state index contributed by atoms with van der Waals surface area (Å²) in [4.78, 5) is 19.6. The van der Waals surface area contributed by atoms with Crippen LogP contribution in [0.15, 0.2) is 52.3 Å². The van der Waals surface area contributed by atoms with E-state index in [-0.39, 0.29) is 5.78 Å². The van der Waals surface area contributed by atoms with Crippen LogP contribution in [0.2, 0.25) is 0 Å². The zero-order chi connectivity index (χ0) is 18.6. The van der Waals surface area contributed by atoms with Crippen molar-refractivity contribution in [3.05, 3.63) is 48.0 Å². The summed E-state index contributed by atoms with van der Waals surface area (Å²) in [6, 6.07) is 14.7.